The normalized spacial score (nSPS) is 14.0. The minimum Gasteiger partial charge on any atom is -0.496 e. The number of carbonyl (C=O) groups is 2. The zero-order valence-electron chi connectivity index (χ0n) is 16.8. The summed E-state index contributed by atoms with van der Waals surface area (Å²) in [5.41, 5.74) is 3.94. The maximum absolute atomic E-state index is 12.4. The first-order valence-electron chi connectivity index (χ1n) is 9.37. The Bertz CT molecular complexity index is 942. The van der Waals surface area contributed by atoms with Gasteiger partial charge in [-0.1, -0.05) is 28.1 Å². The van der Waals surface area contributed by atoms with E-state index in [9.17, 15) is 9.59 Å². The van der Waals surface area contributed by atoms with Crippen molar-refractivity contribution in [3.63, 3.8) is 0 Å². The SMILES string of the molecule is COc1ccc(Br)cc1/C=N\NC(=O)C(=O)N1CCN(c2ccccc2OC)CC1. The van der Waals surface area contributed by atoms with Crippen molar-refractivity contribution in [2.45, 2.75) is 0 Å². The lowest BCUT2D eigenvalue weighted by Crippen LogP contribution is -2.52. The molecular formula is C21H23BrN4O4. The third kappa shape index (κ3) is 5.10. The molecule has 3 rings (SSSR count). The minimum atomic E-state index is -0.772. The fraction of sp³-hybridized carbons (Fsp3) is 0.286. The van der Waals surface area contributed by atoms with E-state index in [0.29, 0.717) is 37.5 Å². The van der Waals surface area contributed by atoms with Crippen LogP contribution in [0.3, 0.4) is 0 Å². The Morgan fingerprint density at radius 1 is 1.03 bits per heavy atom. The van der Waals surface area contributed by atoms with Gasteiger partial charge in [-0.25, -0.2) is 5.43 Å². The quantitative estimate of drug-likeness (QED) is 0.408. The monoisotopic (exact) mass is 474 g/mol. The van der Waals surface area contributed by atoms with Crippen molar-refractivity contribution in [2.24, 2.45) is 5.10 Å². The van der Waals surface area contributed by atoms with Gasteiger partial charge in [0.1, 0.15) is 11.5 Å². The molecule has 1 saturated heterocycles. The maximum atomic E-state index is 12.4. The van der Waals surface area contributed by atoms with Gasteiger partial charge in [0.2, 0.25) is 0 Å². The Hall–Kier alpha value is -3.07. The fourth-order valence-electron chi connectivity index (χ4n) is 3.20. The third-order valence-electron chi connectivity index (χ3n) is 4.75. The molecule has 2 aromatic rings. The molecule has 2 amide bonds. The van der Waals surface area contributed by atoms with Crippen LogP contribution in [0.5, 0.6) is 11.5 Å². The van der Waals surface area contributed by atoms with Crippen LogP contribution >= 0.6 is 15.9 Å². The molecule has 1 N–H and O–H groups in total. The average molecular weight is 475 g/mol. The van der Waals surface area contributed by atoms with Crippen molar-refractivity contribution in [3.8, 4) is 11.5 Å². The molecule has 158 valence electrons. The van der Waals surface area contributed by atoms with Crippen LogP contribution in [-0.4, -0.2) is 63.3 Å². The molecule has 1 fully saturated rings. The van der Waals surface area contributed by atoms with Crippen LogP contribution in [0.4, 0.5) is 5.69 Å². The second-order valence-corrected chi connectivity index (χ2v) is 7.45. The minimum absolute atomic E-state index is 0.438. The molecule has 0 saturated carbocycles. The van der Waals surface area contributed by atoms with Gasteiger partial charge in [0.05, 0.1) is 26.1 Å². The Kier molecular flexibility index (Phi) is 7.29. The average Bonchev–Trinajstić information content (AvgIpc) is 2.78. The molecule has 0 spiro atoms. The van der Waals surface area contributed by atoms with Crippen LogP contribution < -0.4 is 19.8 Å². The van der Waals surface area contributed by atoms with Gasteiger partial charge in [0.15, 0.2) is 0 Å². The zero-order chi connectivity index (χ0) is 21.5. The van der Waals surface area contributed by atoms with E-state index in [2.05, 4.69) is 31.4 Å². The number of nitrogens with one attached hydrogen (secondary N) is 1. The molecule has 1 aliphatic rings. The van der Waals surface area contributed by atoms with E-state index in [1.807, 2.05) is 30.3 Å². The molecule has 0 bridgehead atoms. The number of rotatable bonds is 5. The van der Waals surface area contributed by atoms with Gasteiger partial charge in [-0.2, -0.15) is 5.10 Å². The van der Waals surface area contributed by atoms with Gasteiger partial charge < -0.3 is 19.3 Å². The van der Waals surface area contributed by atoms with Gasteiger partial charge in [-0.3, -0.25) is 9.59 Å². The Morgan fingerprint density at radius 2 is 1.73 bits per heavy atom. The molecule has 1 heterocycles. The number of methoxy groups -OCH3 is 2. The summed E-state index contributed by atoms with van der Waals surface area (Å²) < 4.78 is 11.5. The van der Waals surface area contributed by atoms with Crippen molar-refractivity contribution in [1.82, 2.24) is 10.3 Å². The van der Waals surface area contributed by atoms with Gasteiger partial charge in [-0.05, 0) is 30.3 Å². The van der Waals surface area contributed by atoms with Crippen LogP contribution in [0.25, 0.3) is 0 Å². The summed E-state index contributed by atoms with van der Waals surface area (Å²) in [6.45, 7) is 2.09. The molecule has 0 radical (unpaired) electrons. The number of anilines is 1. The van der Waals surface area contributed by atoms with Crippen molar-refractivity contribution in [1.29, 1.82) is 0 Å². The Balaban J connectivity index is 1.55. The fourth-order valence-corrected chi connectivity index (χ4v) is 3.58. The van der Waals surface area contributed by atoms with Crippen LogP contribution in [0, 0.1) is 0 Å². The second kappa shape index (κ2) is 10.1. The summed E-state index contributed by atoms with van der Waals surface area (Å²) in [5.74, 6) is 0.0151. The number of nitrogens with zero attached hydrogens (tertiary/aromatic N) is 3. The molecule has 8 nitrogen and oxygen atoms in total. The predicted molar refractivity (Wildman–Crippen MR) is 118 cm³/mol. The number of hydrazone groups is 1. The summed E-state index contributed by atoms with van der Waals surface area (Å²) in [4.78, 5) is 28.3. The van der Waals surface area contributed by atoms with Crippen LogP contribution in [-0.2, 0) is 9.59 Å². The lowest BCUT2D eigenvalue weighted by atomic mass is 10.2. The topological polar surface area (TPSA) is 83.5 Å². The van der Waals surface area contributed by atoms with E-state index in [1.54, 1.807) is 26.4 Å². The number of hydrogen-bond acceptors (Lipinski definition) is 6. The summed E-state index contributed by atoms with van der Waals surface area (Å²) in [6, 6.07) is 13.2. The highest BCUT2D eigenvalue weighted by Gasteiger charge is 2.26. The highest BCUT2D eigenvalue weighted by atomic mass is 79.9. The highest BCUT2D eigenvalue weighted by molar-refractivity contribution is 9.10. The van der Waals surface area contributed by atoms with E-state index in [-0.39, 0.29) is 0 Å². The Morgan fingerprint density at radius 3 is 2.43 bits per heavy atom. The number of carbonyl (C=O) groups excluding carboxylic acids is 2. The van der Waals surface area contributed by atoms with Crippen molar-refractivity contribution >= 4 is 39.6 Å². The summed E-state index contributed by atoms with van der Waals surface area (Å²) in [6.07, 6.45) is 1.44. The molecule has 1 aliphatic heterocycles. The Labute approximate surface area is 183 Å². The van der Waals surface area contributed by atoms with Crippen LogP contribution in [0.1, 0.15) is 5.56 Å². The number of para-hydroxylation sites is 2. The first-order chi connectivity index (χ1) is 14.5. The van der Waals surface area contributed by atoms with E-state index >= 15 is 0 Å². The highest BCUT2D eigenvalue weighted by Crippen LogP contribution is 2.28. The summed E-state index contributed by atoms with van der Waals surface area (Å²) >= 11 is 3.38. The van der Waals surface area contributed by atoms with Gasteiger partial charge in [-0.15, -0.1) is 0 Å². The summed E-state index contributed by atoms with van der Waals surface area (Å²) in [7, 11) is 3.18. The molecule has 0 aromatic heterocycles. The molecule has 0 atom stereocenters. The number of ether oxygens (including phenoxy) is 2. The largest absolute Gasteiger partial charge is 0.496 e. The van der Waals surface area contributed by atoms with Gasteiger partial charge >= 0.3 is 11.8 Å². The van der Waals surface area contributed by atoms with Crippen molar-refractivity contribution in [3.05, 3.63) is 52.5 Å². The number of piperazine rings is 1. The molecule has 2 aromatic carbocycles. The second-order valence-electron chi connectivity index (χ2n) is 6.54. The van der Waals surface area contributed by atoms with Gasteiger partial charge in [0, 0.05) is 36.2 Å². The zero-order valence-corrected chi connectivity index (χ0v) is 18.4. The first-order valence-corrected chi connectivity index (χ1v) is 10.2. The van der Waals surface area contributed by atoms with Crippen molar-refractivity contribution in [2.75, 3.05) is 45.3 Å². The van der Waals surface area contributed by atoms with Crippen LogP contribution in [0.15, 0.2) is 52.0 Å². The van der Waals surface area contributed by atoms with E-state index in [4.69, 9.17) is 9.47 Å². The first kappa shape index (κ1) is 21.6. The number of halogens is 1. The lowest BCUT2D eigenvalue weighted by molar-refractivity contribution is -0.146. The molecule has 30 heavy (non-hydrogen) atoms. The standard InChI is InChI=1S/C21H23BrN4O4/c1-29-18-8-7-16(22)13-15(18)14-23-24-20(27)21(28)26-11-9-25(10-12-26)17-5-3-4-6-19(17)30-2/h3-8,13-14H,9-12H2,1-2H3,(H,24,27)/b23-14-. The maximum Gasteiger partial charge on any atom is 0.329 e. The molecule has 0 unspecified atom stereocenters. The van der Waals surface area contributed by atoms with E-state index in [0.717, 1.165) is 15.9 Å². The predicted octanol–water partition coefficient (Wildman–Crippen LogP) is 2.27. The van der Waals surface area contributed by atoms with E-state index in [1.165, 1.54) is 11.1 Å². The van der Waals surface area contributed by atoms with E-state index < -0.39 is 11.8 Å². The lowest BCUT2D eigenvalue weighted by Gasteiger charge is -2.36. The number of amides is 2. The third-order valence-corrected chi connectivity index (χ3v) is 5.24. The molecule has 9 heteroatoms. The van der Waals surface area contributed by atoms with Gasteiger partial charge in [0.25, 0.3) is 0 Å². The summed E-state index contributed by atoms with van der Waals surface area (Å²) in [5, 5.41) is 3.89. The van der Waals surface area contributed by atoms with Crippen LogP contribution in [0.2, 0.25) is 0 Å². The van der Waals surface area contributed by atoms with Crippen molar-refractivity contribution < 1.29 is 19.1 Å². The number of benzene rings is 2. The number of hydrogen-bond donors (Lipinski definition) is 1. The molecular weight excluding hydrogens is 452 g/mol. The smallest absolute Gasteiger partial charge is 0.329 e. The molecule has 0 aliphatic carbocycles.